The standard InChI is InChI=1S/C11H22N2O2/c1-8-4-3-5-10(8)13-11(15)12-7-6-9(2)14/h8-10,14H,3-7H2,1-2H3,(H2,12,13,15). The van der Waals surface area contributed by atoms with Crippen molar-refractivity contribution in [2.75, 3.05) is 6.54 Å². The van der Waals surface area contributed by atoms with Crippen molar-refractivity contribution in [2.45, 2.75) is 51.7 Å². The predicted octanol–water partition coefficient (Wildman–Crippen LogP) is 1.25. The smallest absolute Gasteiger partial charge is 0.315 e. The van der Waals surface area contributed by atoms with Gasteiger partial charge in [0.1, 0.15) is 0 Å². The Bertz CT molecular complexity index is 207. The molecule has 1 aliphatic rings. The van der Waals surface area contributed by atoms with E-state index in [-0.39, 0.29) is 12.1 Å². The van der Waals surface area contributed by atoms with Gasteiger partial charge < -0.3 is 15.7 Å². The summed E-state index contributed by atoms with van der Waals surface area (Å²) in [6.45, 7) is 4.43. The van der Waals surface area contributed by atoms with E-state index in [9.17, 15) is 4.79 Å². The Kier molecular flexibility index (Phi) is 4.88. The zero-order valence-electron chi connectivity index (χ0n) is 9.62. The van der Waals surface area contributed by atoms with E-state index in [4.69, 9.17) is 5.11 Å². The molecule has 0 heterocycles. The zero-order valence-corrected chi connectivity index (χ0v) is 9.62. The Labute approximate surface area is 91.4 Å². The van der Waals surface area contributed by atoms with Gasteiger partial charge in [-0.15, -0.1) is 0 Å². The number of carbonyl (C=O) groups excluding carboxylic acids is 1. The van der Waals surface area contributed by atoms with E-state index in [1.54, 1.807) is 6.92 Å². The molecule has 0 aliphatic heterocycles. The van der Waals surface area contributed by atoms with Crippen molar-refractivity contribution < 1.29 is 9.90 Å². The molecule has 3 N–H and O–H groups in total. The monoisotopic (exact) mass is 214 g/mol. The van der Waals surface area contributed by atoms with Crippen LogP contribution in [-0.4, -0.2) is 29.8 Å². The van der Waals surface area contributed by atoms with Gasteiger partial charge in [-0.1, -0.05) is 13.3 Å². The van der Waals surface area contributed by atoms with Gasteiger partial charge in [-0.05, 0) is 32.1 Å². The molecule has 4 nitrogen and oxygen atoms in total. The SMILES string of the molecule is CC(O)CCNC(=O)NC1CCCC1C. The van der Waals surface area contributed by atoms with Gasteiger partial charge in [-0.3, -0.25) is 0 Å². The Morgan fingerprint density at radius 2 is 2.27 bits per heavy atom. The normalized spacial score (nSPS) is 27.4. The molecule has 0 saturated heterocycles. The quantitative estimate of drug-likeness (QED) is 0.659. The van der Waals surface area contributed by atoms with Gasteiger partial charge in [-0.2, -0.15) is 0 Å². The minimum absolute atomic E-state index is 0.102. The fourth-order valence-corrected chi connectivity index (χ4v) is 1.97. The summed E-state index contributed by atoms with van der Waals surface area (Å²) >= 11 is 0. The summed E-state index contributed by atoms with van der Waals surface area (Å²) in [5, 5.41) is 14.7. The fourth-order valence-electron chi connectivity index (χ4n) is 1.97. The first-order valence-corrected chi connectivity index (χ1v) is 5.82. The molecule has 88 valence electrons. The van der Waals surface area contributed by atoms with Crippen LogP contribution in [-0.2, 0) is 0 Å². The minimum Gasteiger partial charge on any atom is -0.393 e. The van der Waals surface area contributed by atoms with Crippen molar-refractivity contribution in [1.29, 1.82) is 0 Å². The molecule has 0 aromatic heterocycles. The number of urea groups is 1. The van der Waals surface area contributed by atoms with Crippen molar-refractivity contribution in [1.82, 2.24) is 10.6 Å². The predicted molar refractivity (Wildman–Crippen MR) is 59.6 cm³/mol. The van der Waals surface area contributed by atoms with E-state index >= 15 is 0 Å². The van der Waals surface area contributed by atoms with Gasteiger partial charge in [0.2, 0.25) is 0 Å². The Balaban J connectivity index is 2.12. The van der Waals surface area contributed by atoms with Gasteiger partial charge in [0.05, 0.1) is 6.10 Å². The van der Waals surface area contributed by atoms with Crippen LogP contribution in [0.15, 0.2) is 0 Å². The van der Waals surface area contributed by atoms with E-state index < -0.39 is 0 Å². The van der Waals surface area contributed by atoms with E-state index in [0.29, 0.717) is 24.9 Å². The Hall–Kier alpha value is -0.770. The molecule has 0 spiro atoms. The van der Waals surface area contributed by atoms with Gasteiger partial charge >= 0.3 is 6.03 Å². The summed E-state index contributed by atoms with van der Waals surface area (Å²) in [5.41, 5.74) is 0. The first-order valence-electron chi connectivity index (χ1n) is 5.82. The van der Waals surface area contributed by atoms with Crippen LogP contribution in [0.2, 0.25) is 0 Å². The van der Waals surface area contributed by atoms with Crippen molar-refractivity contribution in [3.63, 3.8) is 0 Å². The minimum atomic E-state index is -0.351. The maximum absolute atomic E-state index is 11.4. The molecule has 0 aromatic rings. The number of carbonyl (C=O) groups is 1. The zero-order chi connectivity index (χ0) is 11.3. The highest BCUT2D eigenvalue weighted by atomic mass is 16.3. The molecule has 1 saturated carbocycles. The second-order valence-corrected chi connectivity index (χ2v) is 4.55. The second kappa shape index (κ2) is 5.95. The van der Waals surface area contributed by atoms with E-state index in [1.807, 2.05) is 0 Å². The number of hydrogen-bond donors (Lipinski definition) is 3. The summed E-state index contributed by atoms with van der Waals surface area (Å²) in [6.07, 6.45) is 3.76. The molecule has 1 aliphatic carbocycles. The van der Waals surface area contributed by atoms with Gasteiger partial charge in [0, 0.05) is 12.6 Å². The van der Waals surface area contributed by atoms with Gasteiger partial charge in [0.15, 0.2) is 0 Å². The van der Waals surface area contributed by atoms with E-state index in [1.165, 1.54) is 12.8 Å². The molecule has 1 rings (SSSR count). The first kappa shape index (κ1) is 12.3. The molecule has 1 fully saturated rings. The van der Waals surface area contributed by atoms with Crippen LogP contribution in [0.5, 0.6) is 0 Å². The molecular formula is C11H22N2O2. The summed E-state index contributed by atoms with van der Waals surface area (Å²) in [4.78, 5) is 11.4. The van der Waals surface area contributed by atoms with Gasteiger partial charge in [-0.25, -0.2) is 4.79 Å². The molecule has 2 amide bonds. The lowest BCUT2D eigenvalue weighted by Crippen LogP contribution is -2.43. The molecule has 15 heavy (non-hydrogen) atoms. The van der Waals surface area contributed by atoms with Gasteiger partial charge in [0.25, 0.3) is 0 Å². The Morgan fingerprint density at radius 3 is 2.80 bits per heavy atom. The van der Waals surface area contributed by atoms with Crippen LogP contribution in [0.25, 0.3) is 0 Å². The highest BCUT2D eigenvalue weighted by Gasteiger charge is 2.24. The average molecular weight is 214 g/mol. The topological polar surface area (TPSA) is 61.4 Å². The molecule has 0 aromatic carbocycles. The van der Waals surface area contributed by atoms with E-state index in [2.05, 4.69) is 17.6 Å². The van der Waals surface area contributed by atoms with E-state index in [0.717, 1.165) is 6.42 Å². The third-order valence-electron chi connectivity index (χ3n) is 3.03. The number of rotatable bonds is 4. The maximum atomic E-state index is 11.4. The van der Waals surface area contributed by atoms with Crippen LogP contribution in [0.3, 0.4) is 0 Å². The third kappa shape index (κ3) is 4.51. The fraction of sp³-hybridized carbons (Fsp3) is 0.909. The first-order chi connectivity index (χ1) is 7.09. The largest absolute Gasteiger partial charge is 0.393 e. The summed E-state index contributed by atoms with van der Waals surface area (Å²) in [6, 6.07) is 0.228. The lowest BCUT2D eigenvalue weighted by Gasteiger charge is -2.17. The van der Waals surface area contributed by atoms with Crippen LogP contribution in [0.1, 0.15) is 39.5 Å². The number of aliphatic hydroxyl groups excluding tert-OH is 1. The van der Waals surface area contributed by atoms with Crippen LogP contribution in [0.4, 0.5) is 4.79 Å². The molecule has 3 unspecified atom stereocenters. The molecule has 0 bridgehead atoms. The summed E-state index contributed by atoms with van der Waals surface area (Å²) in [7, 11) is 0. The summed E-state index contributed by atoms with van der Waals surface area (Å²) in [5.74, 6) is 0.590. The van der Waals surface area contributed by atoms with Crippen molar-refractivity contribution >= 4 is 6.03 Å². The molecule has 4 heteroatoms. The van der Waals surface area contributed by atoms with Crippen LogP contribution < -0.4 is 10.6 Å². The summed E-state index contributed by atoms with van der Waals surface area (Å²) < 4.78 is 0. The third-order valence-corrected chi connectivity index (χ3v) is 3.03. The highest BCUT2D eigenvalue weighted by molar-refractivity contribution is 5.74. The van der Waals surface area contributed by atoms with Crippen molar-refractivity contribution in [3.05, 3.63) is 0 Å². The molecule has 3 atom stereocenters. The average Bonchev–Trinajstić information content (AvgIpc) is 2.51. The highest BCUT2D eigenvalue weighted by Crippen LogP contribution is 2.24. The number of hydrogen-bond acceptors (Lipinski definition) is 2. The molecule has 0 radical (unpaired) electrons. The number of aliphatic hydroxyl groups is 1. The lowest BCUT2D eigenvalue weighted by atomic mass is 10.1. The molecular weight excluding hydrogens is 192 g/mol. The second-order valence-electron chi connectivity index (χ2n) is 4.55. The number of amides is 2. The van der Waals surface area contributed by atoms with Crippen LogP contribution >= 0.6 is 0 Å². The van der Waals surface area contributed by atoms with Crippen molar-refractivity contribution in [3.8, 4) is 0 Å². The maximum Gasteiger partial charge on any atom is 0.315 e. The van der Waals surface area contributed by atoms with Crippen molar-refractivity contribution in [2.24, 2.45) is 5.92 Å². The Morgan fingerprint density at radius 1 is 1.53 bits per heavy atom. The number of nitrogens with one attached hydrogen (secondary N) is 2. The van der Waals surface area contributed by atoms with Crippen LogP contribution in [0, 0.1) is 5.92 Å². The lowest BCUT2D eigenvalue weighted by molar-refractivity contribution is 0.183.